The molecule has 0 unspecified atom stereocenters. The summed E-state index contributed by atoms with van der Waals surface area (Å²) in [6, 6.07) is 0. The fourth-order valence-electron chi connectivity index (χ4n) is 0.907. The zero-order chi connectivity index (χ0) is 7.40. The summed E-state index contributed by atoms with van der Waals surface area (Å²) in [5.41, 5.74) is 2.31. The Morgan fingerprint density at radius 1 is 1.60 bits per heavy atom. The first kappa shape index (κ1) is 7.06. The summed E-state index contributed by atoms with van der Waals surface area (Å²) in [4.78, 5) is 4.64. The first-order chi connectivity index (χ1) is 4.83. The van der Waals surface area contributed by atoms with Gasteiger partial charge in [-0.05, 0) is 13.0 Å². The number of oxime groups is 1. The standard InChI is InChI=1S/C8H11NO/c1-7-4-3-5-8(6-7)9-10-2/h3-5H,6H2,1-2H3. The molecule has 54 valence electrons. The van der Waals surface area contributed by atoms with E-state index in [0.717, 1.165) is 12.1 Å². The first-order valence-electron chi connectivity index (χ1n) is 3.27. The largest absolute Gasteiger partial charge is 0.399 e. The maximum absolute atomic E-state index is 4.64. The van der Waals surface area contributed by atoms with Crippen LogP contribution in [0.3, 0.4) is 0 Å². The topological polar surface area (TPSA) is 21.6 Å². The lowest BCUT2D eigenvalue weighted by Gasteiger charge is -2.03. The van der Waals surface area contributed by atoms with Crippen LogP contribution in [0.15, 0.2) is 29.0 Å². The van der Waals surface area contributed by atoms with Crippen molar-refractivity contribution in [3.8, 4) is 0 Å². The third kappa shape index (κ3) is 1.72. The lowest BCUT2D eigenvalue weighted by atomic mass is 10.1. The molecule has 0 amide bonds. The predicted molar refractivity (Wildman–Crippen MR) is 42.0 cm³/mol. The van der Waals surface area contributed by atoms with Crippen LogP contribution in [0.5, 0.6) is 0 Å². The van der Waals surface area contributed by atoms with Crippen LogP contribution in [0.4, 0.5) is 0 Å². The van der Waals surface area contributed by atoms with Crippen molar-refractivity contribution >= 4 is 5.71 Å². The molecular weight excluding hydrogens is 126 g/mol. The number of hydrogen-bond donors (Lipinski definition) is 0. The van der Waals surface area contributed by atoms with Crippen LogP contribution in [0.25, 0.3) is 0 Å². The van der Waals surface area contributed by atoms with E-state index in [1.54, 1.807) is 7.11 Å². The quantitative estimate of drug-likeness (QED) is 0.506. The molecule has 0 N–H and O–H groups in total. The molecule has 1 aliphatic carbocycles. The van der Waals surface area contributed by atoms with Crippen molar-refractivity contribution in [1.82, 2.24) is 0 Å². The minimum atomic E-state index is 0.907. The fourth-order valence-corrected chi connectivity index (χ4v) is 0.907. The van der Waals surface area contributed by atoms with Crippen molar-refractivity contribution in [2.45, 2.75) is 13.3 Å². The summed E-state index contributed by atoms with van der Waals surface area (Å²) in [6.07, 6.45) is 6.92. The highest BCUT2D eigenvalue weighted by Gasteiger charge is 2.00. The van der Waals surface area contributed by atoms with Crippen LogP contribution in [-0.4, -0.2) is 12.8 Å². The molecule has 10 heavy (non-hydrogen) atoms. The highest BCUT2D eigenvalue weighted by molar-refractivity contribution is 5.97. The van der Waals surface area contributed by atoms with E-state index in [0.29, 0.717) is 0 Å². The highest BCUT2D eigenvalue weighted by atomic mass is 16.6. The van der Waals surface area contributed by atoms with Crippen molar-refractivity contribution in [2.24, 2.45) is 5.16 Å². The molecule has 1 aliphatic rings. The molecule has 0 spiro atoms. The van der Waals surface area contributed by atoms with E-state index >= 15 is 0 Å². The molecule has 0 radical (unpaired) electrons. The number of allylic oxidation sites excluding steroid dienone is 4. The Hall–Kier alpha value is -1.05. The molecule has 0 aromatic carbocycles. The normalized spacial score (nSPS) is 21.0. The predicted octanol–water partition coefficient (Wildman–Crippen LogP) is 1.90. The molecule has 1 rings (SSSR count). The maximum atomic E-state index is 4.64. The van der Waals surface area contributed by atoms with Gasteiger partial charge in [0.05, 0.1) is 5.71 Å². The van der Waals surface area contributed by atoms with Crippen molar-refractivity contribution < 1.29 is 4.84 Å². The van der Waals surface area contributed by atoms with Gasteiger partial charge in [0.1, 0.15) is 7.11 Å². The van der Waals surface area contributed by atoms with Crippen molar-refractivity contribution in [2.75, 3.05) is 7.11 Å². The summed E-state index contributed by atoms with van der Waals surface area (Å²) in [5, 5.41) is 3.82. The molecule has 0 aromatic heterocycles. The van der Waals surface area contributed by atoms with Crippen LogP contribution in [0.1, 0.15) is 13.3 Å². The summed E-state index contributed by atoms with van der Waals surface area (Å²) < 4.78 is 0. The Labute approximate surface area is 60.9 Å². The number of rotatable bonds is 1. The van der Waals surface area contributed by atoms with Gasteiger partial charge in [0.15, 0.2) is 0 Å². The molecular formula is C8H11NO. The number of hydrogen-bond acceptors (Lipinski definition) is 2. The second kappa shape index (κ2) is 3.20. The van der Waals surface area contributed by atoms with Crippen molar-refractivity contribution in [1.29, 1.82) is 0 Å². The molecule has 0 heterocycles. The van der Waals surface area contributed by atoms with Gasteiger partial charge in [0, 0.05) is 6.42 Å². The van der Waals surface area contributed by atoms with E-state index in [-0.39, 0.29) is 0 Å². The molecule has 0 aliphatic heterocycles. The van der Waals surface area contributed by atoms with Gasteiger partial charge in [0.2, 0.25) is 0 Å². The Morgan fingerprint density at radius 2 is 2.40 bits per heavy atom. The SMILES string of the molecule is CON=C1C=CC=C(C)C1. The summed E-state index contributed by atoms with van der Waals surface area (Å²) in [7, 11) is 1.56. The zero-order valence-corrected chi connectivity index (χ0v) is 6.29. The fraction of sp³-hybridized carbons (Fsp3) is 0.375. The van der Waals surface area contributed by atoms with Gasteiger partial charge in [-0.3, -0.25) is 0 Å². The summed E-state index contributed by atoms with van der Waals surface area (Å²) in [5.74, 6) is 0. The van der Waals surface area contributed by atoms with Gasteiger partial charge in [0.25, 0.3) is 0 Å². The van der Waals surface area contributed by atoms with Crippen LogP contribution in [0, 0.1) is 0 Å². The van der Waals surface area contributed by atoms with Crippen molar-refractivity contribution in [3.63, 3.8) is 0 Å². The van der Waals surface area contributed by atoms with Crippen molar-refractivity contribution in [3.05, 3.63) is 23.8 Å². The van der Waals surface area contributed by atoms with E-state index in [1.807, 2.05) is 12.2 Å². The van der Waals surface area contributed by atoms with E-state index in [4.69, 9.17) is 0 Å². The van der Waals surface area contributed by atoms with Gasteiger partial charge < -0.3 is 4.84 Å². The minimum absolute atomic E-state index is 0.907. The lowest BCUT2D eigenvalue weighted by molar-refractivity contribution is 0.213. The maximum Gasteiger partial charge on any atom is 0.106 e. The van der Waals surface area contributed by atoms with Gasteiger partial charge >= 0.3 is 0 Å². The van der Waals surface area contributed by atoms with Gasteiger partial charge in [-0.25, -0.2) is 0 Å². The average Bonchev–Trinajstić information content (AvgIpc) is 1.88. The second-order valence-corrected chi connectivity index (χ2v) is 2.31. The molecule has 0 atom stereocenters. The third-order valence-electron chi connectivity index (χ3n) is 1.34. The zero-order valence-electron chi connectivity index (χ0n) is 6.29. The Balaban J connectivity index is 2.64. The molecule has 2 heteroatoms. The molecule has 0 saturated carbocycles. The van der Waals surface area contributed by atoms with E-state index in [9.17, 15) is 0 Å². The van der Waals surface area contributed by atoms with Gasteiger partial charge in [-0.2, -0.15) is 0 Å². The van der Waals surface area contributed by atoms with Gasteiger partial charge in [-0.15, -0.1) is 0 Å². The average molecular weight is 137 g/mol. The first-order valence-corrected chi connectivity index (χ1v) is 3.27. The van der Waals surface area contributed by atoms with Crippen LogP contribution < -0.4 is 0 Å². The molecule has 0 fully saturated rings. The summed E-state index contributed by atoms with van der Waals surface area (Å²) in [6.45, 7) is 2.08. The van der Waals surface area contributed by atoms with E-state index in [2.05, 4.69) is 23.0 Å². The molecule has 0 saturated heterocycles. The van der Waals surface area contributed by atoms with E-state index < -0.39 is 0 Å². The third-order valence-corrected chi connectivity index (χ3v) is 1.34. The Kier molecular flexibility index (Phi) is 2.26. The monoisotopic (exact) mass is 137 g/mol. The van der Waals surface area contributed by atoms with Gasteiger partial charge in [-0.1, -0.05) is 22.9 Å². The number of nitrogens with zero attached hydrogens (tertiary/aromatic N) is 1. The second-order valence-electron chi connectivity index (χ2n) is 2.31. The summed E-state index contributed by atoms with van der Waals surface area (Å²) >= 11 is 0. The highest BCUT2D eigenvalue weighted by Crippen LogP contribution is 2.08. The minimum Gasteiger partial charge on any atom is -0.399 e. The molecule has 0 aromatic rings. The van der Waals surface area contributed by atoms with Crippen LogP contribution in [0.2, 0.25) is 0 Å². The lowest BCUT2D eigenvalue weighted by Crippen LogP contribution is -1.98. The smallest absolute Gasteiger partial charge is 0.106 e. The van der Waals surface area contributed by atoms with Crippen LogP contribution in [-0.2, 0) is 4.84 Å². The Morgan fingerprint density at radius 3 is 3.00 bits per heavy atom. The molecule has 2 nitrogen and oxygen atoms in total. The van der Waals surface area contributed by atoms with Crippen LogP contribution >= 0.6 is 0 Å². The van der Waals surface area contributed by atoms with E-state index in [1.165, 1.54) is 5.57 Å². The molecule has 0 bridgehead atoms. The Bertz CT molecular complexity index is 199.